The Labute approximate surface area is 106 Å². The van der Waals surface area contributed by atoms with Gasteiger partial charge in [-0.2, -0.15) is 0 Å². The number of aliphatic carboxylic acids is 1. The van der Waals surface area contributed by atoms with Gasteiger partial charge in [-0.3, -0.25) is 4.79 Å². The first-order valence-electron chi connectivity index (χ1n) is 6.07. The Kier molecular flexibility index (Phi) is 3.36. The van der Waals surface area contributed by atoms with Crippen molar-refractivity contribution in [1.29, 1.82) is 0 Å². The first kappa shape index (κ1) is 12.6. The molecule has 1 N–H and O–H groups in total. The summed E-state index contributed by atoms with van der Waals surface area (Å²) < 4.78 is 0. The number of amides is 1. The predicted octanol–water partition coefficient (Wildman–Crippen LogP) is 2.17. The molecular formula is C14H17NO3. The third kappa shape index (κ3) is 2.37. The first-order valence-corrected chi connectivity index (χ1v) is 6.07. The van der Waals surface area contributed by atoms with Crippen LogP contribution in [0.1, 0.15) is 42.9 Å². The Hall–Kier alpha value is -1.84. The summed E-state index contributed by atoms with van der Waals surface area (Å²) in [4.78, 5) is 24.2. The molecule has 0 bridgehead atoms. The van der Waals surface area contributed by atoms with E-state index in [9.17, 15) is 14.7 Å². The molecule has 1 unspecified atom stereocenters. The standard InChI is InChI=1S/C14H17NO3/c1-9(16)15(2)13(14(17)18)12-6-4-3-5-11(12)10-7-8-10/h3-6,10,13H,7-8H2,1-2H3,(H,17,18). The summed E-state index contributed by atoms with van der Waals surface area (Å²) in [7, 11) is 1.53. The summed E-state index contributed by atoms with van der Waals surface area (Å²) in [6, 6.07) is 6.64. The minimum absolute atomic E-state index is 0.243. The van der Waals surface area contributed by atoms with Gasteiger partial charge in [-0.1, -0.05) is 24.3 Å². The second-order valence-electron chi connectivity index (χ2n) is 4.77. The monoisotopic (exact) mass is 247 g/mol. The van der Waals surface area contributed by atoms with Gasteiger partial charge in [0.2, 0.25) is 5.91 Å². The maximum Gasteiger partial charge on any atom is 0.331 e. The Morgan fingerprint density at radius 1 is 1.33 bits per heavy atom. The number of benzene rings is 1. The van der Waals surface area contributed by atoms with Crippen LogP contribution in [0.2, 0.25) is 0 Å². The van der Waals surface area contributed by atoms with E-state index in [4.69, 9.17) is 0 Å². The van der Waals surface area contributed by atoms with Gasteiger partial charge in [-0.25, -0.2) is 4.79 Å². The molecule has 0 heterocycles. The number of carbonyl (C=O) groups excluding carboxylic acids is 1. The maximum atomic E-state index is 11.4. The molecule has 1 aromatic rings. The fourth-order valence-electron chi connectivity index (χ4n) is 2.22. The molecule has 4 heteroatoms. The van der Waals surface area contributed by atoms with Crippen LogP contribution in [-0.2, 0) is 9.59 Å². The Balaban J connectivity index is 2.42. The van der Waals surface area contributed by atoms with Crippen LogP contribution in [0.3, 0.4) is 0 Å². The molecule has 0 spiro atoms. The number of carboxylic acid groups (broad SMARTS) is 1. The van der Waals surface area contributed by atoms with Gasteiger partial charge in [0, 0.05) is 14.0 Å². The third-order valence-corrected chi connectivity index (χ3v) is 3.43. The molecule has 0 radical (unpaired) electrons. The van der Waals surface area contributed by atoms with E-state index >= 15 is 0 Å². The maximum absolute atomic E-state index is 11.4. The molecule has 0 aliphatic heterocycles. The molecule has 1 aliphatic carbocycles. The van der Waals surface area contributed by atoms with E-state index in [1.165, 1.54) is 18.9 Å². The second-order valence-corrected chi connectivity index (χ2v) is 4.77. The fourth-order valence-corrected chi connectivity index (χ4v) is 2.22. The summed E-state index contributed by atoms with van der Waals surface area (Å²) in [5.41, 5.74) is 1.81. The van der Waals surface area contributed by atoms with Gasteiger partial charge >= 0.3 is 5.97 Å². The van der Waals surface area contributed by atoms with Gasteiger partial charge in [0.25, 0.3) is 0 Å². The van der Waals surface area contributed by atoms with Crippen LogP contribution in [-0.4, -0.2) is 28.9 Å². The summed E-state index contributed by atoms with van der Waals surface area (Å²) >= 11 is 0. The predicted molar refractivity (Wildman–Crippen MR) is 67.2 cm³/mol. The molecule has 4 nitrogen and oxygen atoms in total. The average molecular weight is 247 g/mol. The van der Waals surface area contributed by atoms with Crippen LogP contribution >= 0.6 is 0 Å². The largest absolute Gasteiger partial charge is 0.479 e. The number of hydrogen-bond donors (Lipinski definition) is 1. The Bertz CT molecular complexity index is 480. The molecule has 1 atom stereocenters. The van der Waals surface area contributed by atoms with Crippen molar-refractivity contribution >= 4 is 11.9 Å². The average Bonchev–Trinajstić information content (AvgIpc) is 3.13. The lowest BCUT2D eigenvalue weighted by Gasteiger charge is -2.25. The van der Waals surface area contributed by atoms with Crippen LogP contribution in [0.5, 0.6) is 0 Å². The second kappa shape index (κ2) is 4.80. The summed E-state index contributed by atoms with van der Waals surface area (Å²) in [6.07, 6.45) is 2.21. The van der Waals surface area contributed by atoms with Gasteiger partial charge in [-0.15, -0.1) is 0 Å². The normalized spacial score (nSPS) is 16.1. The topological polar surface area (TPSA) is 57.6 Å². The van der Waals surface area contributed by atoms with Crippen LogP contribution in [0, 0.1) is 0 Å². The molecule has 1 aliphatic rings. The highest BCUT2D eigenvalue weighted by molar-refractivity contribution is 5.83. The number of nitrogens with zero attached hydrogens (tertiary/aromatic N) is 1. The van der Waals surface area contributed by atoms with E-state index in [-0.39, 0.29) is 5.91 Å². The number of carbonyl (C=O) groups is 2. The van der Waals surface area contributed by atoms with Gasteiger partial charge in [0.1, 0.15) is 0 Å². The molecule has 1 saturated carbocycles. The van der Waals surface area contributed by atoms with Crippen molar-refractivity contribution in [3.63, 3.8) is 0 Å². The van der Waals surface area contributed by atoms with Crippen LogP contribution in [0.25, 0.3) is 0 Å². The van der Waals surface area contributed by atoms with Gasteiger partial charge in [0.05, 0.1) is 0 Å². The molecule has 1 aromatic carbocycles. The van der Waals surface area contributed by atoms with Crippen LogP contribution in [0.4, 0.5) is 0 Å². The minimum atomic E-state index is -0.985. The Morgan fingerprint density at radius 3 is 2.44 bits per heavy atom. The van der Waals surface area contributed by atoms with Gasteiger partial charge in [0.15, 0.2) is 6.04 Å². The van der Waals surface area contributed by atoms with Crippen molar-refractivity contribution in [2.75, 3.05) is 7.05 Å². The summed E-state index contributed by atoms with van der Waals surface area (Å²) in [5.74, 6) is -0.766. The van der Waals surface area contributed by atoms with Gasteiger partial charge in [-0.05, 0) is 29.9 Å². The molecule has 0 aromatic heterocycles. The molecule has 2 rings (SSSR count). The van der Waals surface area contributed by atoms with E-state index < -0.39 is 12.0 Å². The van der Waals surface area contributed by atoms with Crippen molar-refractivity contribution in [3.05, 3.63) is 35.4 Å². The number of likely N-dealkylation sites (N-methyl/N-ethyl adjacent to an activating group) is 1. The van der Waals surface area contributed by atoms with Crippen molar-refractivity contribution in [2.45, 2.75) is 31.7 Å². The highest BCUT2D eigenvalue weighted by Gasteiger charge is 2.33. The smallest absolute Gasteiger partial charge is 0.331 e. The fraction of sp³-hybridized carbons (Fsp3) is 0.429. The highest BCUT2D eigenvalue weighted by atomic mass is 16.4. The Morgan fingerprint density at radius 2 is 1.94 bits per heavy atom. The minimum Gasteiger partial charge on any atom is -0.479 e. The zero-order valence-corrected chi connectivity index (χ0v) is 10.6. The van der Waals surface area contributed by atoms with Crippen LogP contribution < -0.4 is 0 Å². The molecule has 1 fully saturated rings. The summed E-state index contributed by atoms with van der Waals surface area (Å²) in [6.45, 7) is 1.38. The molecule has 18 heavy (non-hydrogen) atoms. The van der Waals surface area contributed by atoms with Gasteiger partial charge < -0.3 is 10.0 Å². The van der Waals surface area contributed by atoms with Crippen LogP contribution in [0.15, 0.2) is 24.3 Å². The van der Waals surface area contributed by atoms with Crippen molar-refractivity contribution < 1.29 is 14.7 Å². The van der Waals surface area contributed by atoms with Crippen molar-refractivity contribution in [3.8, 4) is 0 Å². The summed E-state index contributed by atoms with van der Waals surface area (Å²) in [5, 5.41) is 9.38. The van der Waals surface area contributed by atoms with Crippen molar-refractivity contribution in [2.24, 2.45) is 0 Å². The first-order chi connectivity index (χ1) is 8.52. The van der Waals surface area contributed by atoms with E-state index in [1.54, 1.807) is 0 Å². The zero-order chi connectivity index (χ0) is 13.3. The molecule has 96 valence electrons. The SMILES string of the molecule is CC(=O)N(C)C(C(=O)O)c1ccccc1C1CC1. The number of rotatable bonds is 4. The van der Waals surface area contributed by atoms with E-state index in [1.807, 2.05) is 24.3 Å². The molecule has 1 amide bonds. The molecular weight excluding hydrogens is 230 g/mol. The number of carboxylic acids is 1. The zero-order valence-electron chi connectivity index (χ0n) is 10.6. The van der Waals surface area contributed by atoms with E-state index in [0.29, 0.717) is 5.92 Å². The quantitative estimate of drug-likeness (QED) is 0.887. The lowest BCUT2D eigenvalue weighted by Crippen LogP contribution is -2.34. The lowest BCUT2D eigenvalue weighted by atomic mass is 9.96. The number of hydrogen-bond acceptors (Lipinski definition) is 2. The lowest BCUT2D eigenvalue weighted by molar-refractivity contribution is -0.148. The molecule has 0 saturated heterocycles. The third-order valence-electron chi connectivity index (χ3n) is 3.43. The van der Waals surface area contributed by atoms with E-state index in [0.717, 1.165) is 24.0 Å². The van der Waals surface area contributed by atoms with Crippen molar-refractivity contribution in [1.82, 2.24) is 4.90 Å². The van der Waals surface area contributed by atoms with E-state index in [2.05, 4.69) is 0 Å². The highest BCUT2D eigenvalue weighted by Crippen LogP contribution is 2.43.